The van der Waals surface area contributed by atoms with Crippen LogP contribution in [0.1, 0.15) is 15.2 Å². The quantitative estimate of drug-likeness (QED) is 0.543. The first kappa shape index (κ1) is 7.04. The summed E-state index contributed by atoms with van der Waals surface area (Å²) < 4.78 is 7.67. The van der Waals surface area contributed by atoms with Crippen LogP contribution in [0.5, 0.6) is 0 Å². The highest BCUT2D eigenvalue weighted by Gasteiger charge is 2.00. The molecule has 2 heteroatoms. The minimum atomic E-state index is -0.518. The fourth-order valence-corrected chi connectivity index (χ4v) is 1.57. The summed E-state index contributed by atoms with van der Waals surface area (Å²) in [4.78, 5) is 0.984. The highest BCUT2D eigenvalue weighted by Crippen LogP contribution is 2.27. The average Bonchev–Trinajstić information content (AvgIpc) is 1.91. The molecule has 0 unspecified atom stereocenters. The van der Waals surface area contributed by atoms with Crippen molar-refractivity contribution in [3.05, 3.63) is 24.3 Å². The number of para-hydroxylation sites is 1. The number of nitrogens with two attached hydrogens (primary N) is 1. The van der Waals surface area contributed by atoms with E-state index >= 15 is 0 Å². The number of hydrogen-bond donors (Lipinski definition) is 1. The summed E-state index contributed by atoms with van der Waals surface area (Å²) in [6.45, 7) is 3.70. The highest BCUT2D eigenvalue weighted by atomic mass is 32.2. The molecule has 1 rings (SSSR count). The zero-order valence-electron chi connectivity index (χ0n) is 7.79. The van der Waals surface area contributed by atoms with Crippen LogP contribution >= 0.6 is 11.8 Å². The van der Waals surface area contributed by atoms with Crippen molar-refractivity contribution in [2.75, 3.05) is 5.73 Å². The Morgan fingerprint density at radius 1 is 1.45 bits per heavy atom. The summed E-state index contributed by atoms with van der Waals surface area (Å²) >= 11 is 1.47. The van der Waals surface area contributed by atoms with Gasteiger partial charge in [0, 0.05) is 17.2 Å². The van der Waals surface area contributed by atoms with Gasteiger partial charge in [0.1, 0.15) is 0 Å². The molecule has 0 spiro atoms. The lowest BCUT2D eigenvalue weighted by molar-refractivity contribution is 1.11. The van der Waals surface area contributed by atoms with Gasteiger partial charge in [-0.3, -0.25) is 0 Å². The smallest absolute Gasteiger partial charge is 0.0452 e. The summed E-state index contributed by atoms with van der Waals surface area (Å²) in [5.41, 5.74) is 6.48. The van der Waals surface area contributed by atoms with E-state index in [2.05, 4.69) is 0 Å². The highest BCUT2D eigenvalue weighted by molar-refractivity contribution is 8.00. The van der Waals surface area contributed by atoms with Crippen LogP contribution in [0.2, 0.25) is 0 Å². The molecule has 0 aliphatic rings. The Hall–Kier alpha value is -0.630. The largest absolute Gasteiger partial charge is 0.398 e. The van der Waals surface area contributed by atoms with Crippen molar-refractivity contribution in [2.24, 2.45) is 0 Å². The molecule has 0 aliphatic heterocycles. The first-order valence-electron chi connectivity index (χ1n) is 4.02. The Morgan fingerprint density at radius 3 is 2.64 bits per heavy atom. The van der Waals surface area contributed by atoms with E-state index in [9.17, 15) is 0 Å². The van der Waals surface area contributed by atoms with Crippen molar-refractivity contribution in [1.29, 1.82) is 0 Å². The minimum absolute atomic E-state index is 0.518. The molecule has 0 amide bonds. The van der Waals surface area contributed by atoms with Crippen molar-refractivity contribution >= 4 is 17.4 Å². The van der Waals surface area contributed by atoms with E-state index in [0.29, 0.717) is 0 Å². The van der Waals surface area contributed by atoms with Gasteiger partial charge >= 0.3 is 0 Å². The molecule has 0 radical (unpaired) electrons. The van der Waals surface area contributed by atoms with Crippen LogP contribution in [0.25, 0.3) is 0 Å². The average molecular weight is 168 g/mol. The van der Waals surface area contributed by atoms with Gasteiger partial charge < -0.3 is 5.73 Å². The summed E-state index contributed by atoms with van der Waals surface area (Å²) in [5, 5.41) is -0.518. The summed E-state index contributed by atoms with van der Waals surface area (Å²) in [6, 6.07) is 7.63. The number of rotatable bonds is 2. The van der Waals surface area contributed by atoms with Crippen molar-refractivity contribution in [3.8, 4) is 0 Å². The Bertz CT molecular complexity index is 267. The molecule has 0 aromatic heterocycles. The summed E-state index contributed by atoms with van der Waals surface area (Å²) in [5.74, 6) is 0. The van der Waals surface area contributed by atoms with Gasteiger partial charge in [0.15, 0.2) is 0 Å². The molecule has 0 heterocycles. The first-order chi connectivity index (χ1) is 5.49. The number of hydrogen-bond acceptors (Lipinski definition) is 2. The molecule has 0 fully saturated rings. The van der Waals surface area contributed by atoms with E-state index < -0.39 is 5.23 Å². The summed E-state index contributed by atoms with van der Waals surface area (Å²) in [7, 11) is 0. The van der Waals surface area contributed by atoms with E-state index in [-0.39, 0.29) is 0 Å². The molecule has 0 aliphatic carbocycles. The maximum absolute atomic E-state index is 7.67. The molecule has 0 saturated heterocycles. The number of benzene rings is 1. The van der Waals surface area contributed by atoms with E-state index in [1.54, 1.807) is 0 Å². The molecule has 1 nitrogen and oxygen atoms in total. The lowest BCUT2D eigenvalue weighted by Crippen LogP contribution is -1.91. The second-order valence-electron chi connectivity index (χ2n) is 2.55. The van der Waals surface area contributed by atoms with Gasteiger partial charge in [-0.15, -0.1) is 11.8 Å². The lowest BCUT2D eigenvalue weighted by atomic mass is 10.3. The van der Waals surface area contributed by atoms with Crippen LogP contribution in [0, 0.1) is 0 Å². The molecule has 1 aromatic rings. The third-order valence-corrected chi connectivity index (χ3v) is 2.23. The minimum Gasteiger partial charge on any atom is -0.398 e. The van der Waals surface area contributed by atoms with Crippen molar-refractivity contribution in [3.63, 3.8) is 0 Å². The maximum atomic E-state index is 7.67. The third kappa shape index (κ3) is 2.46. The predicted octanol–water partition coefficient (Wildman–Crippen LogP) is 2.77. The Morgan fingerprint density at radius 2 is 2.09 bits per heavy atom. The van der Waals surface area contributed by atoms with E-state index in [0.717, 1.165) is 10.6 Å². The number of anilines is 1. The molecule has 60 valence electrons. The van der Waals surface area contributed by atoms with Gasteiger partial charge in [-0.1, -0.05) is 26.0 Å². The summed E-state index contributed by atoms with van der Waals surface area (Å²) in [6.07, 6.45) is 0. The fraction of sp³-hybridized carbons (Fsp3) is 0.333. The third-order valence-electron chi connectivity index (χ3n) is 1.23. The predicted molar refractivity (Wildman–Crippen MR) is 51.8 cm³/mol. The van der Waals surface area contributed by atoms with Gasteiger partial charge in [-0.25, -0.2) is 0 Å². The maximum Gasteiger partial charge on any atom is 0.0452 e. The Labute approximate surface area is 73.4 Å². The van der Waals surface area contributed by atoms with Crippen molar-refractivity contribution in [1.82, 2.24) is 0 Å². The van der Waals surface area contributed by atoms with Crippen LogP contribution in [-0.4, -0.2) is 5.23 Å². The van der Waals surface area contributed by atoms with Crippen molar-refractivity contribution < 1.29 is 1.37 Å². The second-order valence-corrected chi connectivity index (χ2v) is 4.01. The fourth-order valence-electron chi connectivity index (χ4n) is 0.793. The standard InChI is InChI=1S/C9H13NS/c1-7(2)11-9-6-4-3-5-8(9)10/h3-7H,10H2,1-2H3/i7D. The molecule has 11 heavy (non-hydrogen) atoms. The van der Waals surface area contributed by atoms with E-state index in [1.165, 1.54) is 11.8 Å². The monoisotopic (exact) mass is 168 g/mol. The van der Waals surface area contributed by atoms with Gasteiger partial charge in [-0.05, 0) is 12.1 Å². The topological polar surface area (TPSA) is 26.0 Å². The van der Waals surface area contributed by atoms with E-state index in [1.807, 2.05) is 38.1 Å². The second kappa shape index (κ2) is 3.67. The van der Waals surface area contributed by atoms with Crippen LogP contribution in [0.4, 0.5) is 5.69 Å². The SMILES string of the molecule is [2H]C(C)(C)Sc1ccccc1N. The Balaban J connectivity index is 2.83. The van der Waals surface area contributed by atoms with Gasteiger partial charge in [-0.2, -0.15) is 0 Å². The van der Waals surface area contributed by atoms with E-state index in [4.69, 9.17) is 7.10 Å². The number of thioether (sulfide) groups is 1. The molecule has 2 N–H and O–H groups in total. The molecule has 1 aromatic carbocycles. The van der Waals surface area contributed by atoms with Crippen molar-refractivity contribution in [2.45, 2.75) is 24.0 Å². The zero-order chi connectivity index (χ0) is 9.19. The normalized spacial score (nSPS) is 12.7. The lowest BCUT2D eigenvalue weighted by Gasteiger charge is -2.06. The zero-order valence-corrected chi connectivity index (χ0v) is 7.61. The molecule has 0 atom stereocenters. The van der Waals surface area contributed by atoms with Gasteiger partial charge in [0.05, 0.1) is 0 Å². The van der Waals surface area contributed by atoms with Crippen LogP contribution < -0.4 is 5.73 Å². The Kier molecular flexibility index (Phi) is 2.35. The molecule has 0 bridgehead atoms. The van der Waals surface area contributed by atoms with Gasteiger partial charge in [0.25, 0.3) is 0 Å². The molecule has 0 saturated carbocycles. The number of nitrogen functional groups attached to an aromatic ring is 1. The van der Waals surface area contributed by atoms with Crippen LogP contribution in [0.15, 0.2) is 29.2 Å². The van der Waals surface area contributed by atoms with Crippen LogP contribution in [0.3, 0.4) is 0 Å². The van der Waals surface area contributed by atoms with Crippen LogP contribution in [-0.2, 0) is 0 Å². The molecular weight excluding hydrogens is 154 g/mol. The molecular formula is C9H13NS. The van der Waals surface area contributed by atoms with Gasteiger partial charge in [0.2, 0.25) is 0 Å². The first-order valence-corrected chi connectivity index (χ1v) is 4.34.